The molecule has 3 heteroatoms. The molecule has 0 saturated heterocycles. The fourth-order valence-electron chi connectivity index (χ4n) is 2.22. The lowest BCUT2D eigenvalue weighted by Gasteiger charge is -2.15. The van der Waals surface area contributed by atoms with Gasteiger partial charge in [0.15, 0.2) is 0 Å². The maximum Gasteiger partial charge on any atom is 0.0833 e. The van der Waals surface area contributed by atoms with Gasteiger partial charge in [0.05, 0.1) is 16.1 Å². The van der Waals surface area contributed by atoms with Crippen molar-refractivity contribution in [3.63, 3.8) is 0 Å². The predicted octanol–water partition coefficient (Wildman–Crippen LogP) is 4.89. The molecule has 1 unspecified atom stereocenters. The molecule has 0 aromatic heterocycles. The van der Waals surface area contributed by atoms with Crippen LogP contribution in [0.25, 0.3) is 0 Å². The van der Waals surface area contributed by atoms with Crippen LogP contribution in [0.1, 0.15) is 28.4 Å². The van der Waals surface area contributed by atoms with E-state index in [0.717, 1.165) is 16.7 Å². The zero-order valence-corrected chi connectivity index (χ0v) is 12.5. The van der Waals surface area contributed by atoms with E-state index < -0.39 is 6.10 Å². The van der Waals surface area contributed by atoms with Crippen LogP contribution in [0.5, 0.6) is 0 Å². The first-order chi connectivity index (χ1) is 8.99. The Kier molecular flexibility index (Phi) is 4.51. The minimum Gasteiger partial charge on any atom is -0.388 e. The van der Waals surface area contributed by atoms with Gasteiger partial charge in [0.2, 0.25) is 0 Å². The number of benzene rings is 2. The topological polar surface area (TPSA) is 20.2 Å². The van der Waals surface area contributed by atoms with Gasteiger partial charge >= 0.3 is 0 Å². The molecular formula is C16H16Cl2O. The summed E-state index contributed by atoms with van der Waals surface area (Å²) >= 11 is 12.1. The number of rotatable bonds is 3. The molecule has 2 aromatic rings. The van der Waals surface area contributed by atoms with E-state index in [4.69, 9.17) is 23.2 Å². The van der Waals surface area contributed by atoms with Gasteiger partial charge in [-0.1, -0.05) is 59.1 Å². The van der Waals surface area contributed by atoms with Crippen molar-refractivity contribution in [2.24, 2.45) is 0 Å². The number of hydrogen-bond donors (Lipinski definition) is 1. The third-order valence-electron chi connectivity index (χ3n) is 3.23. The summed E-state index contributed by atoms with van der Waals surface area (Å²) in [7, 11) is 0. The van der Waals surface area contributed by atoms with E-state index in [0.29, 0.717) is 16.5 Å². The van der Waals surface area contributed by atoms with Crippen LogP contribution < -0.4 is 0 Å². The molecule has 100 valence electrons. The summed E-state index contributed by atoms with van der Waals surface area (Å²) in [6, 6.07) is 11.5. The van der Waals surface area contributed by atoms with Crippen LogP contribution in [-0.4, -0.2) is 5.11 Å². The second-order valence-corrected chi connectivity index (χ2v) is 5.58. The highest BCUT2D eigenvalue weighted by Gasteiger charge is 2.14. The van der Waals surface area contributed by atoms with Crippen molar-refractivity contribution in [2.45, 2.75) is 26.4 Å². The van der Waals surface area contributed by atoms with Crippen LogP contribution in [-0.2, 0) is 6.42 Å². The largest absolute Gasteiger partial charge is 0.388 e. The van der Waals surface area contributed by atoms with E-state index in [1.807, 2.05) is 38.1 Å². The highest BCUT2D eigenvalue weighted by atomic mass is 35.5. The van der Waals surface area contributed by atoms with E-state index in [-0.39, 0.29) is 0 Å². The highest BCUT2D eigenvalue weighted by molar-refractivity contribution is 6.42. The summed E-state index contributed by atoms with van der Waals surface area (Å²) in [5, 5.41) is 11.4. The molecule has 1 N–H and O–H groups in total. The third-order valence-corrected chi connectivity index (χ3v) is 4.09. The first-order valence-electron chi connectivity index (χ1n) is 6.17. The monoisotopic (exact) mass is 294 g/mol. The number of halogens is 2. The van der Waals surface area contributed by atoms with Crippen molar-refractivity contribution in [1.82, 2.24) is 0 Å². The number of aliphatic hydroxyl groups is 1. The summed E-state index contributed by atoms with van der Waals surface area (Å²) in [4.78, 5) is 0. The van der Waals surface area contributed by atoms with Crippen LogP contribution in [0.15, 0.2) is 36.4 Å². The van der Waals surface area contributed by atoms with Crippen molar-refractivity contribution < 1.29 is 5.11 Å². The number of aryl methyl sites for hydroxylation is 2. The van der Waals surface area contributed by atoms with Crippen molar-refractivity contribution in [3.8, 4) is 0 Å². The molecular weight excluding hydrogens is 279 g/mol. The average Bonchev–Trinajstić information content (AvgIpc) is 2.34. The summed E-state index contributed by atoms with van der Waals surface area (Å²) in [5.74, 6) is 0. The Morgan fingerprint density at radius 3 is 2.53 bits per heavy atom. The Morgan fingerprint density at radius 1 is 1.11 bits per heavy atom. The maximum absolute atomic E-state index is 10.4. The van der Waals surface area contributed by atoms with Crippen molar-refractivity contribution in [1.29, 1.82) is 0 Å². The summed E-state index contributed by atoms with van der Waals surface area (Å²) in [6.45, 7) is 4.04. The smallest absolute Gasteiger partial charge is 0.0833 e. The van der Waals surface area contributed by atoms with Gasteiger partial charge in [-0.3, -0.25) is 0 Å². The average molecular weight is 295 g/mol. The maximum atomic E-state index is 10.4. The molecule has 2 aromatic carbocycles. The Balaban J connectivity index is 2.25. The Labute approximate surface area is 123 Å². The van der Waals surface area contributed by atoms with E-state index >= 15 is 0 Å². The standard InChI is InChI=1S/C16H16Cl2O/c1-10-6-7-13(11(2)8-10)15(19)9-12-4-3-5-14(17)16(12)18/h3-8,15,19H,9H2,1-2H3. The second kappa shape index (κ2) is 5.96. The van der Waals surface area contributed by atoms with Gasteiger partial charge in [0.1, 0.15) is 0 Å². The van der Waals surface area contributed by atoms with Crippen LogP contribution in [0, 0.1) is 13.8 Å². The van der Waals surface area contributed by atoms with Gasteiger partial charge in [-0.05, 0) is 36.6 Å². The van der Waals surface area contributed by atoms with Crippen molar-refractivity contribution >= 4 is 23.2 Å². The van der Waals surface area contributed by atoms with Crippen LogP contribution in [0.4, 0.5) is 0 Å². The van der Waals surface area contributed by atoms with Crippen LogP contribution in [0.2, 0.25) is 10.0 Å². The van der Waals surface area contributed by atoms with Crippen molar-refractivity contribution in [2.75, 3.05) is 0 Å². The molecule has 0 bridgehead atoms. The highest BCUT2D eigenvalue weighted by Crippen LogP contribution is 2.30. The Hall–Kier alpha value is -1.02. The van der Waals surface area contributed by atoms with E-state index in [9.17, 15) is 5.11 Å². The molecule has 0 heterocycles. The first-order valence-corrected chi connectivity index (χ1v) is 6.92. The molecule has 0 saturated carbocycles. The molecule has 2 rings (SSSR count). The molecule has 1 atom stereocenters. The third kappa shape index (κ3) is 3.30. The van der Waals surface area contributed by atoms with Crippen molar-refractivity contribution in [3.05, 3.63) is 68.7 Å². The zero-order chi connectivity index (χ0) is 14.0. The van der Waals surface area contributed by atoms with Gasteiger partial charge in [0, 0.05) is 6.42 Å². The van der Waals surface area contributed by atoms with Crippen LogP contribution >= 0.6 is 23.2 Å². The normalized spacial score (nSPS) is 12.5. The number of hydrogen-bond acceptors (Lipinski definition) is 1. The molecule has 0 spiro atoms. The Morgan fingerprint density at radius 2 is 1.84 bits per heavy atom. The fourth-order valence-corrected chi connectivity index (χ4v) is 2.62. The lowest BCUT2D eigenvalue weighted by atomic mass is 9.96. The molecule has 1 nitrogen and oxygen atoms in total. The van der Waals surface area contributed by atoms with Gasteiger partial charge < -0.3 is 5.11 Å². The van der Waals surface area contributed by atoms with Crippen LogP contribution in [0.3, 0.4) is 0 Å². The molecule has 0 radical (unpaired) electrons. The van der Waals surface area contributed by atoms with Gasteiger partial charge in [-0.25, -0.2) is 0 Å². The minimum atomic E-state index is -0.573. The SMILES string of the molecule is Cc1ccc(C(O)Cc2cccc(Cl)c2Cl)c(C)c1. The summed E-state index contributed by atoms with van der Waals surface area (Å²) in [5.41, 5.74) is 4.07. The quantitative estimate of drug-likeness (QED) is 0.855. The lowest BCUT2D eigenvalue weighted by Crippen LogP contribution is -2.04. The van der Waals surface area contributed by atoms with E-state index in [1.54, 1.807) is 6.07 Å². The van der Waals surface area contributed by atoms with E-state index in [2.05, 4.69) is 6.07 Å². The Bertz CT molecular complexity index is 593. The molecule has 0 amide bonds. The summed E-state index contributed by atoms with van der Waals surface area (Å²) in [6.07, 6.45) is -0.111. The van der Waals surface area contributed by atoms with Gasteiger partial charge in [0.25, 0.3) is 0 Å². The zero-order valence-electron chi connectivity index (χ0n) is 11.0. The lowest BCUT2D eigenvalue weighted by molar-refractivity contribution is 0.178. The molecule has 0 fully saturated rings. The summed E-state index contributed by atoms with van der Waals surface area (Å²) < 4.78 is 0. The fraction of sp³-hybridized carbons (Fsp3) is 0.250. The number of aliphatic hydroxyl groups excluding tert-OH is 1. The molecule has 0 aliphatic heterocycles. The van der Waals surface area contributed by atoms with Gasteiger partial charge in [-0.2, -0.15) is 0 Å². The molecule has 0 aliphatic rings. The first kappa shape index (κ1) is 14.4. The molecule has 0 aliphatic carbocycles. The second-order valence-electron chi connectivity index (χ2n) is 4.79. The molecule has 19 heavy (non-hydrogen) atoms. The van der Waals surface area contributed by atoms with E-state index in [1.165, 1.54) is 5.56 Å². The predicted molar refractivity (Wildman–Crippen MR) is 81.0 cm³/mol. The van der Waals surface area contributed by atoms with Gasteiger partial charge in [-0.15, -0.1) is 0 Å². The minimum absolute atomic E-state index is 0.462.